The zero-order valence-electron chi connectivity index (χ0n) is 64.0. The molecular formula is C83H120Br4ClN4NaO10. The summed E-state index contributed by atoms with van der Waals surface area (Å²) in [7, 11) is 4.62. The van der Waals surface area contributed by atoms with Crippen molar-refractivity contribution >= 4 is 35.9 Å². The number of unbranched alkanes of at least 4 members (excludes halogenated alkanes) is 2. The fraction of sp³-hybridized carbons (Fsp3) is 0.518. The number of carboxylic acid groups (broad SMARTS) is 1. The van der Waals surface area contributed by atoms with Gasteiger partial charge >= 0.3 is 47.8 Å². The van der Waals surface area contributed by atoms with E-state index in [0.29, 0.717) is 15.6 Å². The van der Waals surface area contributed by atoms with E-state index in [9.17, 15) is 24.3 Å². The number of aliphatic carboxylic acids is 1. The first-order chi connectivity index (χ1) is 46.1. The van der Waals surface area contributed by atoms with Gasteiger partial charge in [-0.25, -0.2) is 14.4 Å². The quantitative estimate of drug-likeness (QED) is 0.0130. The number of nitrogens with zero attached hydrogens (tertiary/aromatic N) is 4. The Morgan fingerprint density at radius 1 is 0.388 bits per heavy atom. The van der Waals surface area contributed by atoms with Crippen molar-refractivity contribution in [3.63, 3.8) is 0 Å². The second-order valence-corrected chi connectivity index (χ2v) is 29.4. The van der Waals surface area contributed by atoms with E-state index in [0.717, 1.165) is 139 Å². The third-order valence-electron chi connectivity index (χ3n) is 20.4. The van der Waals surface area contributed by atoms with Crippen molar-refractivity contribution in [1.29, 1.82) is 0 Å². The van der Waals surface area contributed by atoms with Gasteiger partial charge in [0.1, 0.15) is 45.8 Å². The van der Waals surface area contributed by atoms with Crippen LogP contribution < -0.4 is 103 Å². The first-order valence-corrected chi connectivity index (χ1v) is 35.9. The molecule has 14 nitrogen and oxygen atoms in total. The molecule has 0 radical (unpaired) electrons. The van der Waals surface area contributed by atoms with Crippen molar-refractivity contribution in [2.45, 2.75) is 194 Å². The van der Waals surface area contributed by atoms with Crippen molar-refractivity contribution in [1.82, 2.24) is 0 Å². The van der Waals surface area contributed by atoms with Gasteiger partial charge in [0.25, 0.3) is 0 Å². The predicted molar refractivity (Wildman–Crippen MR) is 394 cm³/mol. The average Bonchev–Trinajstić information content (AvgIpc) is 0.839. The van der Waals surface area contributed by atoms with Gasteiger partial charge < -0.3 is 119 Å². The molecule has 2 aliphatic rings. The number of aryl methyl sites for hydroxylation is 12. The Labute approximate surface area is 689 Å². The normalized spacial score (nSPS) is 13.4. The summed E-state index contributed by atoms with van der Waals surface area (Å²) in [5, 5.41) is 11.1. The van der Waals surface area contributed by atoms with Crippen LogP contribution in [0.3, 0.4) is 0 Å². The topological polar surface area (TPSA) is 137 Å². The number of likely N-dealkylation sites (tertiary alicyclic amines) is 2. The largest absolute Gasteiger partial charge is 1.00 e. The molecule has 2 heterocycles. The Hall–Kier alpha value is -4.15. The molecule has 0 bridgehead atoms. The van der Waals surface area contributed by atoms with Gasteiger partial charge in [-0.3, -0.25) is 0 Å². The number of piperidine rings is 2. The Morgan fingerprint density at radius 3 is 0.961 bits per heavy atom. The monoisotopic (exact) mass is 1710 g/mol. The van der Waals surface area contributed by atoms with Gasteiger partial charge in [-0.1, -0.05) is 128 Å². The van der Waals surface area contributed by atoms with Crippen LogP contribution in [0, 0.1) is 83.1 Å². The standard InChI is InChI=1S/C41H58N2O5.C25H35ClNO3.C16H23NO2.CH4.4BrH.Na/c1-31-13-16-37(23-34(31)4)26-42(7,27-38-17-14-32(2)35(5)24-38)19-11-12-22-46-41(45)48-30-47-40(44)29-43(20-9-8-10-21-43)28-39-18-15-33(3)36(6)25-39;1-19-8-10-23(14-21(19)3)16-27(5,12-6-7-13-29-25(28)30-18-26)17-24-11-9-20(2)22(4)15-24;1-13-6-7-15(10-14(13)2)11-17(12-16(18)19)8-4-3-5-9-17;;;;;;/h13-18,23-25H,8-12,19-22,26-30H2,1-7H3;8-11,14-15H,6-7,12-13,16-18H2,1-5H3;6-7,10H,3-5,8-9,11-12H2,1-2H3;1H4;4*1H;/q+2;+1;;;;;;;+1/p-4. The van der Waals surface area contributed by atoms with Crippen molar-refractivity contribution in [3.05, 3.63) is 209 Å². The minimum Gasteiger partial charge on any atom is -1.00 e. The van der Waals surface area contributed by atoms with Crippen LogP contribution in [-0.4, -0.2) is 135 Å². The predicted octanol–water partition coefficient (Wildman–Crippen LogP) is 1.73. The first kappa shape index (κ1) is 98.9. The van der Waals surface area contributed by atoms with Gasteiger partial charge in [-0.05, 0) is 214 Å². The van der Waals surface area contributed by atoms with Crippen molar-refractivity contribution < 1.29 is 163 Å². The van der Waals surface area contributed by atoms with E-state index in [1.807, 2.05) is 0 Å². The Kier molecular flexibility index (Phi) is 47.0. The number of halogens is 5. The number of quaternary nitrogens is 4. The summed E-state index contributed by atoms with van der Waals surface area (Å²) in [5.41, 5.74) is 23.5. The van der Waals surface area contributed by atoms with E-state index in [1.54, 1.807) is 0 Å². The number of benzene rings is 6. The number of esters is 1. The number of ether oxygens (including phenoxy) is 5. The summed E-state index contributed by atoms with van der Waals surface area (Å²) < 4.78 is 28.5. The maximum atomic E-state index is 12.9. The van der Waals surface area contributed by atoms with Crippen LogP contribution in [0.4, 0.5) is 9.59 Å². The van der Waals surface area contributed by atoms with E-state index < -0.39 is 25.1 Å². The van der Waals surface area contributed by atoms with Gasteiger partial charge in [0.2, 0.25) is 6.79 Å². The number of carbonyl (C=O) groups is 4. The average molecular weight is 1710 g/mol. The third-order valence-corrected chi connectivity index (χ3v) is 20.5. The molecule has 568 valence electrons. The van der Waals surface area contributed by atoms with Gasteiger partial charge in [0.15, 0.2) is 12.6 Å². The number of alkyl halides is 1. The minimum atomic E-state index is -0.925. The zero-order chi connectivity index (χ0) is 70.8. The Morgan fingerprint density at radius 2 is 0.670 bits per heavy atom. The number of hydrogen-bond donors (Lipinski definition) is 0. The molecular weight excluding hydrogens is 1590 g/mol. The first-order valence-electron chi connectivity index (χ1n) is 35.3. The van der Waals surface area contributed by atoms with Crippen molar-refractivity contribution in [2.24, 2.45) is 0 Å². The minimum absolute atomic E-state index is 0. The van der Waals surface area contributed by atoms with E-state index in [-0.39, 0.29) is 137 Å². The molecule has 103 heavy (non-hydrogen) atoms. The Balaban J connectivity index is 0.00000162. The van der Waals surface area contributed by atoms with Gasteiger partial charge in [-0.15, -0.1) is 0 Å². The zero-order valence-corrected chi connectivity index (χ0v) is 73.1. The molecule has 2 aliphatic heterocycles. The summed E-state index contributed by atoms with van der Waals surface area (Å²) in [6, 6.07) is 39.8. The third kappa shape index (κ3) is 34.7. The molecule has 0 aliphatic carbocycles. The van der Waals surface area contributed by atoms with Crippen LogP contribution >= 0.6 is 11.6 Å². The molecule has 20 heteroatoms. The number of hydrogen-bond acceptors (Lipinski definition) is 10. The van der Waals surface area contributed by atoms with Crippen LogP contribution in [0.1, 0.15) is 172 Å². The second kappa shape index (κ2) is 49.0. The van der Waals surface area contributed by atoms with E-state index in [4.69, 9.17) is 30.5 Å². The summed E-state index contributed by atoms with van der Waals surface area (Å²) in [5.74, 6) is -1.27. The number of rotatable bonds is 29. The summed E-state index contributed by atoms with van der Waals surface area (Å²) >= 11 is 5.37. The summed E-state index contributed by atoms with van der Waals surface area (Å²) in [4.78, 5) is 47.5. The van der Waals surface area contributed by atoms with Gasteiger partial charge in [0, 0.05) is 33.4 Å². The van der Waals surface area contributed by atoms with Crippen LogP contribution in [0.15, 0.2) is 109 Å². The van der Waals surface area contributed by atoms with Crippen LogP contribution in [-0.2, 0) is 72.5 Å². The SMILES string of the molecule is C.Cc1ccc(C[N+](C)(CCCCOC(=O)OCCl)Cc2ccc(C)c(C)c2)cc1C.Cc1ccc(C[N+](C)(CCCCOC(=O)OCOC(=O)C[N+]2(Cc3ccc(C)c(C)c3)CCCCC2)Cc2ccc(C)c(C)c2)cc1C.Cc1ccc(C[N+]2(CC(=O)[O-])CCCCC2)cc1C.[Br-].[Br-].[Br-].[Br-].[Na+]. The molecule has 0 amide bonds. The van der Waals surface area contributed by atoms with Crippen LogP contribution in [0.25, 0.3) is 0 Å². The maximum Gasteiger partial charge on any atom is 1.00 e. The molecule has 2 fully saturated rings. The number of carboxylic acids is 1. The number of carbonyl (C=O) groups excluding carboxylic acids is 4. The molecule has 8 rings (SSSR count). The van der Waals surface area contributed by atoms with E-state index in [1.165, 1.54) is 113 Å². The van der Waals surface area contributed by atoms with E-state index >= 15 is 0 Å². The molecule has 2 saturated heterocycles. The van der Waals surface area contributed by atoms with Crippen molar-refractivity contribution in [3.8, 4) is 0 Å². The molecule has 6 aromatic rings. The van der Waals surface area contributed by atoms with Crippen LogP contribution in [0.5, 0.6) is 0 Å². The molecule has 6 aromatic carbocycles. The molecule has 0 N–H and O–H groups in total. The maximum absolute atomic E-state index is 12.9. The molecule has 0 saturated carbocycles. The molecule has 0 spiro atoms. The Bertz CT molecular complexity index is 3460. The molecule has 0 atom stereocenters. The molecule has 0 unspecified atom stereocenters. The van der Waals surface area contributed by atoms with Gasteiger partial charge in [-0.2, -0.15) is 0 Å². The summed E-state index contributed by atoms with van der Waals surface area (Å²) in [6.45, 7) is 37.5. The summed E-state index contributed by atoms with van der Waals surface area (Å²) in [6.07, 6.45) is 8.72. The van der Waals surface area contributed by atoms with Crippen molar-refractivity contribution in [2.75, 3.05) is 92.5 Å². The fourth-order valence-electron chi connectivity index (χ4n) is 13.9. The molecule has 0 aromatic heterocycles. The smallest absolute Gasteiger partial charge is 1.00 e. The van der Waals surface area contributed by atoms with Crippen LogP contribution in [0.2, 0.25) is 0 Å². The fourth-order valence-corrected chi connectivity index (χ4v) is 13.9. The van der Waals surface area contributed by atoms with E-state index in [2.05, 4.69) is 211 Å². The second-order valence-electron chi connectivity index (χ2n) is 29.2. The van der Waals surface area contributed by atoms with Gasteiger partial charge in [0.05, 0.1) is 72.5 Å².